The number of methoxy groups -OCH3 is 4. The molecule has 4 unspecified atom stereocenters. The number of hydrogen-bond acceptors (Lipinski definition) is 32. The Kier molecular flexibility index (Phi) is 25.5. The second-order valence-corrected chi connectivity index (χ2v) is 38.1. The molecule has 32 heteroatoms. The molecule has 8 heterocycles. The van der Waals surface area contributed by atoms with Crippen LogP contribution in [0.4, 0.5) is 0 Å². The van der Waals surface area contributed by atoms with E-state index in [2.05, 4.69) is 0 Å². The number of esters is 12. The zero-order valence-electron chi connectivity index (χ0n) is 72.9. The highest BCUT2D eigenvalue weighted by atomic mass is 16.6. The number of ether oxygens (including phenoxy) is 12. The number of aliphatic hydroxyl groups is 2. The zero-order chi connectivity index (χ0) is 90.2. The van der Waals surface area contributed by atoms with Gasteiger partial charge in [-0.3, -0.25) is 62.3 Å². The Balaban J connectivity index is 0.000000142. The van der Waals surface area contributed by atoms with Crippen LogP contribution in [0.25, 0.3) is 0 Å². The van der Waals surface area contributed by atoms with E-state index in [4.69, 9.17) is 74.5 Å². The quantitative estimate of drug-likeness (QED) is 0.0982. The van der Waals surface area contributed by atoms with Crippen molar-refractivity contribution in [3.63, 3.8) is 0 Å². The highest BCUT2D eigenvalue weighted by Crippen LogP contribution is 2.71. The first-order valence-corrected chi connectivity index (χ1v) is 42.5. The first kappa shape index (κ1) is 91.5. The van der Waals surface area contributed by atoms with Crippen LogP contribution in [-0.4, -0.2) is 158 Å². The number of rotatable bonds is 12. The molecule has 16 rings (SSSR count). The lowest BCUT2D eigenvalue weighted by Crippen LogP contribution is -2.66. The summed E-state index contributed by atoms with van der Waals surface area (Å²) < 4.78 is 86.3. The van der Waals surface area contributed by atoms with Crippen molar-refractivity contribution in [1.82, 2.24) is 0 Å². The molecule has 7 saturated carbocycles. The molecule has 0 spiro atoms. The van der Waals surface area contributed by atoms with E-state index in [0.717, 1.165) is 22.3 Å². The Hall–Kier alpha value is -10.2. The fraction of sp³-hybridized carbons (Fsp3) is 0.652. The molecule has 124 heavy (non-hydrogen) atoms. The van der Waals surface area contributed by atoms with Crippen LogP contribution in [0.1, 0.15) is 226 Å². The summed E-state index contributed by atoms with van der Waals surface area (Å²) in [5.41, 5.74) is -2.42. The summed E-state index contributed by atoms with van der Waals surface area (Å²) in [4.78, 5) is 178. The van der Waals surface area contributed by atoms with Crippen molar-refractivity contribution >= 4 is 83.2 Å². The van der Waals surface area contributed by atoms with Gasteiger partial charge < -0.3 is 84.7 Å². The van der Waals surface area contributed by atoms with Gasteiger partial charge in [0.15, 0.2) is 17.7 Å². The van der Waals surface area contributed by atoms with Crippen LogP contribution in [0.3, 0.4) is 0 Å². The summed E-state index contributed by atoms with van der Waals surface area (Å²) in [5.74, 6) is -11.7. The number of furan rings is 4. The first-order chi connectivity index (χ1) is 58.5. The molecule has 4 aliphatic heterocycles. The fourth-order valence-electron chi connectivity index (χ4n) is 25.9. The van der Waals surface area contributed by atoms with E-state index in [1.807, 2.05) is 55.4 Å². The van der Waals surface area contributed by atoms with E-state index in [-0.39, 0.29) is 54.7 Å². The first-order valence-electron chi connectivity index (χ1n) is 42.5. The average molecular weight is 1730 g/mol. The Labute approximate surface area is 717 Å². The van der Waals surface area contributed by atoms with Crippen LogP contribution in [0.2, 0.25) is 0 Å². The number of carbonyl (C=O) groups is 14. The molecule has 0 bridgehead atoms. The van der Waals surface area contributed by atoms with Gasteiger partial charge in [0.25, 0.3) is 0 Å². The maximum Gasteiger partial charge on any atom is 0.334 e. The lowest BCUT2D eigenvalue weighted by Gasteiger charge is -2.63. The van der Waals surface area contributed by atoms with Gasteiger partial charge in [0.1, 0.15) is 54.9 Å². The minimum atomic E-state index is -1.23. The molecule has 0 radical (unpaired) electrons. The van der Waals surface area contributed by atoms with Gasteiger partial charge in [0.05, 0.1) is 120 Å². The molecule has 0 amide bonds. The average Bonchev–Trinajstić information content (AvgIpc) is 0.852. The molecular weight excluding hydrogens is 1620 g/mol. The van der Waals surface area contributed by atoms with Crippen LogP contribution in [0.15, 0.2) is 104 Å². The molecule has 29 atom stereocenters. The number of cyclic esters (lactones) is 4. The minimum absolute atomic E-state index is 0.0643. The van der Waals surface area contributed by atoms with Crippen molar-refractivity contribution in [2.75, 3.05) is 28.4 Å². The van der Waals surface area contributed by atoms with Crippen LogP contribution < -0.4 is 0 Å². The number of hydrogen-bond donors (Lipinski definition) is 2. The summed E-state index contributed by atoms with van der Waals surface area (Å²) in [7, 11) is 5.27. The van der Waals surface area contributed by atoms with Gasteiger partial charge in [-0.2, -0.15) is 0 Å². The predicted octanol–water partition coefficient (Wildman–Crippen LogP) is 11.5. The van der Waals surface area contributed by atoms with Crippen LogP contribution in [0.5, 0.6) is 0 Å². The van der Waals surface area contributed by atoms with E-state index in [0.29, 0.717) is 82.6 Å². The van der Waals surface area contributed by atoms with Crippen molar-refractivity contribution in [3.05, 3.63) is 108 Å². The zero-order valence-corrected chi connectivity index (χ0v) is 72.9. The van der Waals surface area contributed by atoms with Crippen molar-refractivity contribution < 1.29 is 152 Å². The summed E-state index contributed by atoms with van der Waals surface area (Å²) in [6.45, 7) is 20.7. The topological polar surface area (TPSA) is 443 Å². The van der Waals surface area contributed by atoms with Gasteiger partial charge in [-0.05, 0) is 152 Å². The monoisotopic (exact) mass is 1730 g/mol. The molecular formula is C92H114O32. The normalized spacial score (nSPS) is 40.2. The molecule has 11 fully saturated rings. The number of aliphatic hydroxyl groups excluding tert-OH is 2. The number of fused-ring (bicyclic) bond motifs is 12. The Morgan fingerprint density at radius 1 is 0.387 bits per heavy atom. The Morgan fingerprint density at radius 2 is 0.734 bits per heavy atom. The third kappa shape index (κ3) is 15.9. The van der Waals surface area contributed by atoms with Gasteiger partial charge >= 0.3 is 71.6 Å². The standard InChI is InChI=1S/C25H32O9.2C23H28O8.C21H26O7/c1-13(26)32-18-10-17(22(28)30-5)24(3)8-6-16-23(29)34-19(15-7-9-31-12-15)11-25(16,4)21(24)20(18)33-14(2)27;1-12(24)30-16-9-15(20(26)28-4)22(2)7-5-14-21(27)31-17(13-6-8-29-11-13)10-23(14,3)19(22)18(16)25;1-12(24)30-18-16(25)9-15(20(26)28-4)22(2)7-5-14-21(27)31-17(13-6-8-29-11-13)10-23(14,3)19(18)22;1-20-6-4-12-19(25)28-15(11-5-7-27-10-11)9-21(12,2)17(20)16(23)14(22)8-13(20)18(24)26-3/h7,9,12,16-21H,6,8,10-11H2,1-5H3;6,8,11,14-17,19H,5,7,9-10H2,1-4H3;6,8-9,11,14,16-19,25H,5,7,10H2,1-4H3;5,7,10,12-15,17,22H,4,6,8-9H2,1-3H3/t16-,17-,18-,19-,20-,21?,24-,25-;14-,15-,16-,17-,19?,22-,23-;14-,16-,17-,18-,19?,22-,23-;12-,13-,14-,15-,17?,20-,21-/m0000/s1. The maximum absolute atomic E-state index is 13.7. The van der Waals surface area contributed by atoms with Crippen molar-refractivity contribution in [2.45, 2.75) is 240 Å². The van der Waals surface area contributed by atoms with E-state index < -0.39 is 217 Å². The SMILES string of the molecule is COC(=O)C1=C[C@H](O)[C@H](OC(C)=O)C2[C@@]1(C)CC[C@H]1C(=O)O[C@H](c3ccoc3)C[C@]21C.COC(=O)[C@@H]1C[C@H](O)C(=O)C2[C@@]1(C)CC[C@H]1C(=O)O[C@H](c3ccoc3)C[C@]21C.COC(=O)[C@@H]1C[C@H](OC(C)=O)C(=O)C2[C@@]1(C)CC[C@H]1C(=O)O[C@H](c3ccoc3)C[C@]21C.COC(=O)[C@@H]1C[C@H](OC(C)=O)[C@H](OC(C)=O)C2[C@@]1(C)CC[C@H]1C(=O)O[C@H](c3ccoc3)C[C@]21C. The number of Topliss-reactive ketones (excluding diaryl/α,β-unsaturated/α-hetero) is 2. The molecule has 32 nitrogen and oxygen atoms in total. The van der Waals surface area contributed by atoms with E-state index in [1.54, 1.807) is 43.1 Å². The molecule has 2 N–H and O–H groups in total. The summed E-state index contributed by atoms with van der Waals surface area (Å²) in [6.07, 6.45) is 11.7. The highest BCUT2D eigenvalue weighted by molar-refractivity contribution is 5.94. The molecule has 4 saturated heterocycles. The van der Waals surface area contributed by atoms with Crippen molar-refractivity contribution in [2.24, 2.45) is 108 Å². The molecule has 4 aromatic rings. The van der Waals surface area contributed by atoms with Gasteiger partial charge in [-0.25, -0.2) is 4.79 Å². The van der Waals surface area contributed by atoms with Crippen LogP contribution in [-0.2, 0) is 124 Å². The second-order valence-electron chi connectivity index (χ2n) is 38.1. The molecule has 8 aliphatic carbocycles. The van der Waals surface area contributed by atoms with Gasteiger partial charge in [-0.1, -0.05) is 55.4 Å². The molecule has 674 valence electrons. The maximum atomic E-state index is 13.7. The van der Waals surface area contributed by atoms with Gasteiger partial charge in [-0.15, -0.1) is 0 Å². The van der Waals surface area contributed by atoms with Gasteiger partial charge in [0.2, 0.25) is 0 Å². The number of ketones is 2. The summed E-state index contributed by atoms with van der Waals surface area (Å²) in [6, 6.07) is 7.00. The Bertz CT molecular complexity index is 4770. The predicted molar refractivity (Wildman–Crippen MR) is 423 cm³/mol. The molecule has 4 aromatic heterocycles. The third-order valence-corrected chi connectivity index (χ3v) is 31.2. The largest absolute Gasteiger partial charge is 0.472 e. The van der Waals surface area contributed by atoms with Crippen molar-refractivity contribution in [3.8, 4) is 0 Å². The lowest BCUT2D eigenvalue weighted by molar-refractivity contribution is -0.246. The highest BCUT2D eigenvalue weighted by Gasteiger charge is 2.73. The van der Waals surface area contributed by atoms with Crippen LogP contribution in [0, 0.1) is 108 Å². The van der Waals surface area contributed by atoms with Crippen LogP contribution >= 0.6 is 0 Å². The lowest BCUT2D eigenvalue weighted by atomic mass is 9.42. The smallest absolute Gasteiger partial charge is 0.334 e. The molecule has 12 aliphatic rings. The second kappa shape index (κ2) is 34.6. The molecule has 0 aromatic carbocycles. The fourth-order valence-corrected chi connectivity index (χ4v) is 25.9. The number of carbonyl (C=O) groups excluding carboxylic acids is 14. The Morgan fingerprint density at radius 3 is 1.11 bits per heavy atom. The van der Waals surface area contributed by atoms with E-state index >= 15 is 0 Å². The van der Waals surface area contributed by atoms with E-state index in [9.17, 15) is 77.3 Å². The van der Waals surface area contributed by atoms with Crippen molar-refractivity contribution in [1.29, 1.82) is 0 Å². The third-order valence-electron chi connectivity index (χ3n) is 31.2. The van der Waals surface area contributed by atoms with Gasteiger partial charge in [0, 0.05) is 97.5 Å². The summed E-state index contributed by atoms with van der Waals surface area (Å²) in [5, 5.41) is 21.4. The summed E-state index contributed by atoms with van der Waals surface area (Å²) >= 11 is 0. The van der Waals surface area contributed by atoms with E-state index in [1.165, 1.54) is 93.5 Å². The minimum Gasteiger partial charge on any atom is -0.472 e.